The highest BCUT2D eigenvalue weighted by atomic mass is 32.2. The summed E-state index contributed by atoms with van der Waals surface area (Å²) in [6.45, 7) is 6.60. The molecule has 2 aliphatic heterocycles. The van der Waals surface area contributed by atoms with Crippen LogP contribution in [-0.2, 0) is 26.9 Å². The van der Waals surface area contributed by atoms with Crippen molar-refractivity contribution < 1.29 is 13.7 Å². The molecule has 0 aromatic heterocycles. The van der Waals surface area contributed by atoms with Crippen molar-refractivity contribution in [2.24, 2.45) is 5.14 Å². The molecule has 1 atom stereocenters. The summed E-state index contributed by atoms with van der Waals surface area (Å²) in [7, 11) is -1.41. The number of nitrogens with zero attached hydrogens (tertiary/aromatic N) is 2. The van der Waals surface area contributed by atoms with Gasteiger partial charge in [-0.05, 0) is 56.7 Å². The molecule has 1 aromatic carbocycles. The fraction of sp³-hybridized carbons (Fsp3) is 0.650. The Morgan fingerprint density at radius 3 is 2.37 bits per heavy atom. The van der Waals surface area contributed by atoms with Crippen LogP contribution in [0.4, 0.5) is 0 Å². The average molecular weight is 392 g/mol. The third-order valence-electron chi connectivity index (χ3n) is 6.29. The van der Waals surface area contributed by atoms with Gasteiger partial charge in [0.1, 0.15) is 16.6 Å². The van der Waals surface area contributed by atoms with Crippen LogP contribution < -0.4 is 5.14 Å². The standard InChI is InChI=1S/C20H29N3O3S/c1-2-23-15-19(26-20(8-9-20)18(23)24)10-13-22(14-11-19)12-7-16-3-5-17(6-4-16)27(21)25/h3-6H,2,7-15,21H2,1H3. The zero-order valence-corrected chi connectivity index (χ0v) is 16.8. The number of piperidine rings is 1. The Hall–Kier alpha value is -1.28. The third kappa shape index (κ3) is 3.83. The van der Waals surface area contributed by atoms with Gasteiger partial charge in [0, 0.05) is 32.7 Å². The average Bonchev–Trinajstić information content (AvgIpc) is 3.45. The number of amides is 1. The fourth-order valence-corrected chi connectivity index (χ4v) is 4.81. The van der Waals surface area contributed by atoms with Crippen LogP contribution in [0.3, 0.4) is 0 Å². The lowest BCUT2D eigenvalue weighted by Crippen LogP contribution is -2.62. The van der Waals surface area contributed by atoms with Crippen molar-refractivity contribution in [1.82, 2.24) is 9.80 Å². The molecule has 2 saturated heterocycles. The number of morpholine rings is 1. The number of ether oxygens (including phenoxy) is 1. The normalized spacial score (nSPS) is 25.1. The summed E-state index contributed by atoms with van der Waals surface area (Å²) in [5.74, 6) is 0.208. The van der Waals surface area contributed by atoms with E-state index < -0.39 is 16.6 Å². The van der Waals surface area contributed by atoms with Gasteiger partial charge in [-0.15, -0.1) is 0 Å². The smallest absolute Gasteiger partial charge is 0.254 e. The molecule has 3 aliphatic rings. The predicted octanol–water partition coefficient (Wildman–Crippen LogP) is 1.46. The lowest BCUT2D eigenvalue weighted by atomic mass is 9.87. The molecule has 1 aliphatic carbocycles. The van der Waals surface area contributed by atoms with Crippen molar-refractivity contribution in [3.63, 3.8) is 0 Å². The van der Waals surface area contributed by atoms with Gasteiger partial charge in [0.25, 0.3) is 5.91 Å². The van der Waals surface area contributed by atoms with Gasteiger partial charge in [0.2, 0.25) is 0 Å². The summed E-state index contributed by atoms with van der Waals surface area (Å²) in [6, 6.07) is 7.71. The highest BCUT2D eigenvalue weighted by Crippen LogP contribution is 2.49. The Kier molecular flexibility index (Phi) is 5.14. The second-order valence-electron chi connectivity index (χ2n) is 8.13. The quantitative estimate of drug-likeness (QED) is 0.824. The minimum Gasteiger partial charge on any atom is -0.357 e. The van der Waals surface area contributed by atoms with Gasteiger partial charge < -0.3 is 14.5 Å². The Morgan fingerprint density at radius 2 is 1.81 bits per heavy atom. The van der Waals surface area contributed by atoms with E-state index in [0.29, 0.717) is 4.90 Å². The van der Waals surface area contributed by atoms with Crippen LogP contribution >= 0.6 is 0 Å². The molecule has 27 heavy (non-hydrogen) atoms. The highest BCUT2D eigenvalue weighted by Gasteiger charge is 2.61. The lowest BCUT2D eigenvalue weighted by Gasteiger charge is -2.50. The van der Waals surface area contributed by atoms with Crippen molar-refractivity contribution in [3.05, 3.63) is 29.8 Å². The van der Waals surface area contributed by atoms with Crippen molar-refractivity contribution in [1.29, 1.82) is 0 Å². The van der Waals surface area contributed by atoms with E-state index in [1.807, 2.05) is 29.2 Å². The summed E-state index contributed by atoms with van der Waals surface area (Å²) in [5, 5.41) is 5.40. The second kappa shape index (κ2) is 7.28. The maximum Gasteiger partial charge on any atom is 0.254 e. The van der Waals surface area contributed by atoms with Crippen LogP contribution in [0.5, 0.6) is 0 Å². The van der Waals surface area contributed by atoms with E-state index >= 15 is 0 Å². The van der Waals surface area contributed by atoms with Gasteiger partial charge in [0.15, 0.2) is 0 Å². The third-order valence-corrected chi connectivity index (χ3v) is 7.03. The van der Waals surface area contributed by atoms with Crippen LogP contribution in [0.15, 0.2) is 29.2 Å². The first kappa shape index (κ1) is 19.1. The molecule has 2 spiro atoms. The zero-order valence-electron chi connectivity index (χ0n) is 16.0. The monoisotopic (exact) mass is 391 g/mol. The maximum absolute atomic E-state index is 12.5. The largest absolute Gasteiger partial charge is 0.357 e. The molecule has 3 fully saturated rings. The van der Waals surface area contributed by atoms with Crippen LogP contribution in [0.2, 0.25) is 0 Å². The Balaban J connectivity index is 1.31. The lowest BCUT2D eigenvalue weighted by molar-refractivity contribution is -0.200. The molecule has 2 N–H and O–H groups in total. The molecule has 6 nitrogen and oxygen atoms in total. The molecule has 0 bridgehead atoms. The number of carbonyl (C=O) groups excluding carboxylic acids is 1. The first-order chi connectivity index (χ1) is 13.0. The minimum absolute atomic E-state index is 0.149. The van der Waals surface area contributed by atoms with E-state index in [-0.39, 0.29) is 11.5 Å². The number of nitrogens with two attached hydrogens (primary N) is 1. The molecule has 1 aromatic rings. The summed E-state index contributed by atoms with van der Waals surface area (Å²) < 4.78 is 17.7. The maximum atomic E-state index is 12.5. The SMILES string of the molecule is CCN1CC2(CCN(CCc3ccc(S(N)=O)cc3)CC2)OC2(CC2)C1=O. The summed E-state index contributed by atoms with van der Waals surface area (Å²) >= 11 is 0. The number of rotatable bonds is 5. The van der Waals surface area contributed by atoms with Crippen molar-refractivity contribution in [3.8, 4) is 0 Å². The van der Waals surface area contributed by atoms with Gasteiger partial charge in [0.05, 0.1) is 10.5 Å². The van der Waals surface area contributed by atoms with Crippen molar-refractivity contribution in [2.75, 3.05) is 32.7 Å². The molecule has 1 saturated carbocycles. The molecular formula is C20H29N3O3S. The topological polar surface area (TPSA) is 75.9 Å². The Labute approximate surface area is 163 Å². The van der Waals surface area contributed by atoms with Crippen LogP contribution in [0.25, 0.3) is 0 Å². The van der Waals surface area contributed by atoms with E-state index in [2.05, 4.69) is 11.8 Å². The van der Waals surface area contributed by atoms with Gasteiger partial charge in [-0.2, -0.15) is 0 Å². The second-order valence-corrected chi connectivity index (χ2v) is 9.20. The number of hydrogen-bond donors (Lipinski definition) is 1. The van der Waals surface area contributed by atoms with Crippen molar-refractivity contribution in [2.45, 2.75) is 55.1 Å². The molecule has 4 rings (SSSR count). The van der Waals surface area contributed by atoms with E-state index in [1.165, 1.54) is 5.56 Å². The number of benzene rings is 1. The van der Waals surface area contributed by atoms with Crippen LogP contribution in [-0.4, -0.2) is 63.8 Å². The number of hydrogen-bond acceptors (Lipinski definition) is 4. The number of likely N-dealkylation sites (N-methyl/N-ethyl adjacent to an activating group) is 1. The van der Waals surface area contributed by atoms with Gasteiger partial charge in [-0.3, -0.25) is 4.79 Å². The van der Waals surface area contributed by atoms with E-state index in [9.17, 15) is 9.00 Å². The summed E-state index contributed by atoms with van der Waals surface area (Å²) in [5.41, 5.74) is 0.600. The van der Waals surface area contributed by atoms with Gasteiger partial charge >= 0.3 is 0 Å². The number of likely N-dealkylation sites (tertiary alicyclic amines) is 1. The molecule has 1 amide bonds. The Morgan fingerprint density at radius 1 is 1.15 bits per heavy atom. The molecule has 7 heteroatoms. The zero-order chi connectivity index (χ0) is 19.1. The fourth-order valence-electron chi connectivity index (χ4n) is 4.40. The van der Waals surface area contributed by atoms with Crippen LogP contribution in [0.1, 0.15) is 38.2 Å². The first-order valence-electron chi connectivity index (χ1n) is 9.92. The molecule has 148 valence electrons. The van der Waals surface area contributed by atoms with Crippen LogP contribution in [0, 0.1) is 0 Å². The summed E-state index contributed by atoms with van der Waals surface area (Å²) in [6.07, 6.45) is 4.72. The first-order valence-corrected chi connectivity index (χ1v) is 11.1. The summed E-state index contributed by atoms with van der Waals surface area (Å²) in [4.78, 5) is 17.7. The van der Waals surface area contributed by atoms with E-state index in [1.54, 1.807) is 0 Å². The van der Waals surface area contributed by atoms with Gasteiger partial charge in [-0.25, -0.2) is 9.35 Å². The van der Waals surface area contributed by atoms with Crippen molar-refractivity contribution >= 4 is 16.9 Å². The van der Waals surface area contributed by atoms with E-state index in [0.717, 1.165) is 64.8 Å². The molecular weight excluding hydrogens is 362 g/mol. The minimum atomic E-state index is -1.41. The predicted molar refractivity (Wildman–Crippen MR) is 104 cm³/mol. The molecule has 0 radical (unpaired) electrons. The highest BCUT2D eigenvalue weighted by molar-refractivity contribution is 7.82. The Bertz CT molecular complexity index is 724. The molecule has 1 unspecified atom stereocenters. The number of carbonyl (C=O) groups is 1. The molecule has 2 heterocycles. The van der Waals surface area contributed by atoms with E-state index in [4.69, 9.17) is 9.88 Å². The van der Waals surface area contributed by atoms with Gasteiger partial charge in [-0.1, -0.05) is 12.1 Å².